The van der Waals surface area contributed by atoms with Crippen LogP contribution in [0.25, 0.3) is 0 Å². The van der Waals surface area contributed by atoms with E-state index < -0.39 is 0 Å². The summed E-state index contributed by atoms with van der Waals surface area (Å²) in [5.41, 5.74) is 2.40. The van der Waals surface area contributed by atoms with Crippen molar-refractivity contribution < 1.29 is 4.39 Å². The highest BCUT2D eigenvalue weighted by Gasteiger charge is 2.26. The van der Waals surface area contributed by atoms with E-state index in [0.717, 1.165) is 37.7 Å². The molecular weight excluding hydrogens is 227 g/mol. The number of nitrogens with zero attached hydrogens (tertiary/aromatic N) is 1. The van der Waals surface area contributed by atoms with Gasteiger partial charge in [-0.1, -0.05) is 13.0 Å². The zero-order chi connectivity index (χ0) is 12.5. The van der Waals surface area contributed by atoms with Crippen molar-refractivity contribution in [3.8, 4) is 0 Å². The molecule has 1 fully saturated rings. The average Bonchev–Trinajstić information content (AvgIpc) is 2.75. The standard InChI is InChI=1S/C15H21FN2/c1-11-3-2-7-17-14(11)10-18-8-6-12-4-5-13(16)9-15(12)18/h4-5,9,11,14,17H,2-3,6-8,10H2,1H3. The molecule has 3 rings (SSSR count). The van der Waals surface area contributed by atoms with Gasteiger partial charge in [0.25, 0.3) is 0 Å². The van der Waals surface area contributed by atoms with Crippen LogP contribution in [0, 0.1) is 11.7 Å². The molecule has 2 aliphatic rings. The van der Waals surface area contributed by atoms with Crippen molar-refractivity contribution in [3.63, 3.8) is 0 Å². The van der Waals surface area contributed by atoms with E-state index in [-0.39, 0.29) is 5.82 Å². The molecule has 2 heterocycles. The average molecular weight is 248 g/mol. The molecule has 0 radical (unpaired) electrons. The molecule has 0 spiro atoms. The van der Waals surface area contributed by atoms with E-state index in [1.54, 1.807) is 12.1 Å². The summed E-state index contributed by atoms with van der Waals surface area (Å²) >= 11 is 0. The van der Waals surface area contributed by atoms with Crippen molar-refractivity contribution in [1.29, 1.82) is 0 Å². The Balaban J connectivity index is 1.74. The van der Waals surface area contributed by atoms with Crippen LogP contribution in [0.15, 0.2) is 18.2 Å². The molecule has 18 heavy (non-hydrogen) atoms. The number of rotatable bonds is 2. The van der Waals surface area contributed by atoms with Gasteiger partial charge < -0.3 is 10.2 Å². The lowest BCUT2D eigenvalue weighted by Gasteiger charge is -2.34. The Morgan fingerprint density at radius 2 is 2.33 bits per heavy atom. The second-order valence-corrected chi connectivity index (χ2v) is 5.65. The van der Waals surface area contributed by atoms with Crippen LogP contribution < -0.4 is 10.2 Å². The molecule has 0 saturated carbocycles. The molecule has 98 valence electrons. The minimum Gasteiger partial charge on any atom is -0.369 e. The van der Waals surface area contributed by atoms with Crippen molar-refractivity contribution in [2.24, 2.45) is 5.92 Å². The summed E-state index contributed by atoms with van der Waals surface area (Å²) in [5.74, 6) is 0.599. The fourth-order valence-corrected chi connectivity index (χ4v) is 3.20. The fraction of sp³-hybridized carbons (Fsp3) is 0.600. The molecule has 3 heteroatoms. The Bertz CT molecular complexity index is 433. The number of hydrogen-bond donors (Lipinski definition) is 1. The van der Waals surface area contributed by atoms with E-state index in [1.165, 1.54) is 18.4 Å². The van der Waals surface area contributed by atoms with Gasteiger partial charge in [0.15, 0.2) is 0 Å². The molecule has 0 aromatic heterocycles. The van der Waals surface area contributed by atoms with Gasteiger partial charge >= 0.3 is 0 Å². The molecular formula is C15H21FN2. The third-order valence-electron chi connectivity index (χ3n) is 4.39. The molecule has 0 aliphatic carbocycles. The van der Waals surface area contributed by atoms with Gasteiger partial charge in [-0.25, -0.2) is 4.39 Å². The Morgan fingerprint density at radius 1 is 1.44 bits per heavy atom. The monoisotopic (exact) mass is 248 g/mol. The minimum absolute atomic E-state index is 0.120. The zero-order valence-electron chi connectivity index (χ0n) is 11.0. The summed E-state index contributed by atoms with van der Waals surface area (Å²) in [6, 6.07) is 5.75. The molecule has 2 aliphatic heterocycles. The van der Waals surface area contributed by atoms with Crippen LogP contribution in [0.4, 0.5) is 10.1 Å². The van der Waals surface area contributed by atoms with Gasteiger partial charge in [-0.3, -0.25) is 0 Å². The summed E-state index contributed by atoms with van der Waals surface area (Å²) in [4.78, 5) is 2.35. The maximum atomic E-state index is 13.3. The van der Waals surface area contributed by atoms with Gasteiger partial charge in [-0.05, 0) is 49.4 Å². The molecule has 1 saturated heterocycles. The van der Waals surface area contributed by atoms with Crippen molar-refractivity contribution in [1.82, 2.24) is 5.32 Å². The quantitative estimate of drug-likeness (QED) is 0.865. The number of halogens is 1. The SMILES string of the molecule is CC1CCCNC1CN1CCc2ccc(F)cc21. The van der Waals surface area contributed by atoms with Gasteiger partial charge in [-0.2, -0.15) is 0 Å². The van der Waals surface area contributed by atoms with E-state index in [0.29, 0.717) is 6.04 Å². The van der Waals surface area contributed by atoms with E-state index >= 15 is 0 Å². The van der Waals surface area contributed by atoms with Crippen molar-refractivity contribution in [2.45, 2.75) is 32.2 Å². The predicted octanol–water partition coefficient (Wildman–Crippen LogP) is 2.58. The largest absolute Gasteiger partial charge is 0.369 e. The molecule has 0 bridgehead atoms. The van der Waals surface area contributed by atoms with E-state index in [4.69, 9.17) is 0 Å². The smallest absolute Gasteiger partial charge is 0.125 e. The van der Waals surface area contributed by atoms with Crippen LogP contribution in [0.3, 0.4) is 0 Å². The van der Waals surface area contributed by atoms with Crippen LogP contribution in [-0.4, -0.2) is 25.7 Å². The van der Waals surface area contributed by atoms with E-state index in [9.17, 15) is 4.39 Å². The molecule has 1 aromatic rings. The number of benzene rings is 1. The lowest BCUT2D eigenvalue weighted by Crippen LogP contribution is -2.47. The van der Waals surface area contributed by atoms with Crippen LogP contribution in [0.1, 0.15) is 25.3 Å². The Morgan fingerprint density at radius 3 is 3.17 bits per heavy atom. The number of hydrogen-bond acceptors (Lipinski definition) is 2. The first-order valence-corrected chi connectivity index (χ1v) is 7.01. The first-order valence-electron chi connectivity index (χ1n) is 7.01. The van der Waals surface area contributed by atoms with Gasteiger partial charge in [-0.15, -0.1) is 0 Å². The minimum atomic E-state index is -0.120. The summed E-state index contributed by atoms with van der Waals surface area (Å²) in [6.45, 7) is 5.49. The lowest BCUT2D eigenvalue weighted by molar-refractivity contribution is 0.302. The van der Waals surface area contributed by atoms with Crippen molar-refractivity contribution >= 4 is 5.69 Å². The van der Waals surface area contributed by atoms with Crippen LogP contribution in [0.5, 0.6) is 0 Å². The van der Waals surface area contributed by atoms with Crippen LogP contribution in [0.2, 0.25) is 0 Å². The maximum Gasteiger partial charge on any atom is 0.125 e. The Kier molecular flexibility index (Phi) is 3.25. The van der Waals surface area contributed by atoms with Crippen molar-refractivity contribution in [3.05, 3.63) is 29.6 Å². The topological polar surface area (TPSA) is 15.3 Å². The predicted molar refractivity (Wildman–Crippen MR) is 72.5 cm³/mol. The molecule has 2 nitrogen and oxygen atoms in total. The van der Waals surface area contributed by atoms with Crippen LogP contribution in [-0.2, 0) is 6.42 Å². The zero-order valence-corrected chi connectivity index (χ0v) is 11.0. The second-order valence-electron chi connectivity index (χ2n) is 5.65. The number of fused-ring (bicyclic) bond motifs is 1. The molecule has 2 unspecified atom stereocenters. The maximum absolute atomic E-state index is 13.3. The van der Waals surface area contributed by atoms with Gasteiger partial charge in [0, 0.05) is 24.8 Å². The normalized spacial score (nSPS) is 27.3. The van der Waals surface area contributed by atoms with E-state index in [2.05, 4.69) is 17.1 Å². The third kappa shape index (κ3) is 2.24. The van der Waals surface area contributed by atoms with Gasteiger partial charge in [0.2, 0.25) is 0 Å². The summed E-state index contributed by atoms with van der Waals surface area (Å²) < 4.78 is 13.3. The Labute approximate surface area is 108 Å². The molecule has 1 aromatic carbocycles. The van der Waals surface area contributed by atoms with Gasteiger partial charge in [0.1, 0.15) is 5.82 Å². The lowest BCUT2D eigenvalue weighted by atomic mass is 9.92. The second kappa shape index (κ2) is 4.88. The number of piperidine rings is 1. The fourth-order valence-electron chi connectivity index (χ4n) is 3.20. The number of anilines is 1. The molecule has 0 amide bonds. The van der Waals surface area contributed by atoms with Crippen LogP contribution >= 0.6 is 0 Å². The highest BCUT2D eigenvalue weighted by atomic mass is 19.1. The van der Waals surface area contributed by atoms with Crippen molar-refractivity contribution in [2.75, 3.05) is 24.5 Å². The first kappa shape index (κ1) is 12.0. The highest BCUT2D eigenvalue weighted by molar-refractivity contribution is 5.58. The van der Waals surface area contributed by atoms with Gasteiger partial charge in [0.05, 0.1) is 0 Å². The molecule has 2 atom stereocenters. The highest BCUT2D eigenvalue weighted by Crippen LogP contribution is 2.30. The summed E-state index contributed by atoms with van der Waals surface area (Å²) in [6.07, 6.45) is 3.64. The summed E-state index contributed by atoms with van der Waals surface area (Å²) in [5, 5.41) is 3.61. The molecule has 1 N–H and O–H groups in total. The Hall–Kier alpha value is -1.09. The summed E-state index contributed by atoms with van der Waals surface area (Å²) in [7, 11) is 0. The number of nitrogens with one attached hydrogen (secondary N) is 1. The first-order chi connectivity index (χ1) is 8.74. The van der Waals surface area contributed by atoms with E-state index in [1.807, 2.05) is 6.07 Å². The third-order valence-corrected chi connectivity index (χ3v) is 4.39.